The summed E-state index contributed by atoms with van der Waals surface area (Å²) in [4.78, 5) is 24.3. The molecule has 0 aliphatic carbocycles. The quantitative estimate of drug-likeness (QED) is 0.482. The number of benzene rings is 2. The summed E-state index contributed by atoms with van der Waals surface area (Å²) in [6.07, 6.45) is 1.58. The number of aliphatic hydroxyl groups is 1. The highest BCUT2D eigenvalue weighted by Crippen LogP contribution is 2.23. The smallest absolute Gasteiger partial charge is 0.322 e. The van der Waals surface area contributed by atoms with Gasteiger partial charge in [0, 0.05) is 25.3 Å². The summed E-state index contributed by atoms with van der Waals surface area (Å²) in [6, 6.07) is 14.0. The lowest BCUT2D eigenvalue weighted by Crippen LogP contribution is -2.23. The molecule has 7 nitrogen and oxygen atoms in total. The first-order valence-electron chi connectivity index (χ1n) is 9.77. The average Bonchev–Trinajstić information content (AvgIpc) is 2.66. The third kappa shape index (κ3) is 7.08. The van der Waals surface area contributed by atoms with Gasteiger partial charge in [-0.15, -0.1) is 0 Å². The van der Waals surface area contributed by atoms with Crippen molar-refractivity contribution in [2.75, 3.05) is 18.5 Å². The molecule has 2 rings (SSSR count). The summed E-state index contributed by atoms with van der Waals surface area (Å²) in [5.74, 6) is -3.67. The fourth-order valence-corrected chi connectivity index (χ4v) is 3.05. The number of rotatable bonds is 11. The molecule has 162 valence electrons. The number of anilines is 1. The Balaban J connectivity index is 1.95. The molecule has 0 saturated carbocycles. The SMILES string of the molecule is CN(CCCC(C)(C)O)c1cccc(OCc2ccc(C(C(=O)O)C(=O)O)cc2)c1. The monoisotopic (exact) mass is 415 g/mol. The van der Waals surface area contributed by atoms with E-state index >= 15 is 0 Å². The number of carbonyl (C=O) groups is 2. The molecule has 0 saturated heterocycles. The van der Waals surface area contributed by atoms with Crippen LogP contribution in [0.5, 0.6) is 5.75 Å². The summed E-state index contributed by atoms with van der Waals surface area (Å²) in [5.41, 5.74) is 1.35. The molecule has 0 aromatic heterocycles. The maximum absolute atomic E-state index is 11.1. The van der Waals surface area contributed by atoms with Gasteiger partial charge in [0.05, 0.1) is 5.60 Å². The first-order chi connectivity index (χ1) is 14.1. The van der Waals surface area contributed by atoms with E-state index in [0.29, 0.717) is 12.2 Å². The molecule has 0 aliphatic heterocycles. The highest BCUT2D eigenvalue weighted by atomic mass is 16.5. The van der Waals surface area contributed by atoms with Crippen molar-refractivity contribution in [2.45, 2.75) is 44.8 Å². The van der Waals surface area contributed by atoms with Crippen molar-refractivity contribution >= 4 is 17.6 Å². The van der Waals surface area contributed by atoms with Gasteiger partial charge in [-0.3, -0.25) is 9.59 Å². The lowest BCUT2D eigenvalue weighted by molar-refractivity contribution is -0.150. The van der Waals surface area contributed by atoms with E-state index in [-0.39, 0.29) is 12.2 Å². The Morgan fingerprint density at radius 1 is 1.07 bits per heavy atom. The minimum absolute atomic E-state index is 0.216. The van der Waals surface area contributed by atoms with E-state index in [1.165, 1.54) is 12.1 Å². The summed E-state index contributed by atoms with van der Waals surface area (Å²) in [6.45, 7) is 4.69. The Labute approximate surface area is 176 Å². The second-order valence-electron chi connectivity index (χ2n) is 7.97. The molecular formula is C23H29NO6. The van der Waals surface area contributed by atoms with E-state index in [1.807, 2.05) is 31.3 Å². The van der Waals surface area contributed by atoms with E-state index < -0.39 is 23.5 Å². The van der Waals surface area contributed by atoms with Gasteiger partial charge in [-0.05, 0) is 49.9 Å². The molecule has 0 atom stereocenters. The second kappa shape index (κ2) is 10.1. The molecule has 0 unspecified atom stereocenters. The summed E-state index contributed by atoms with van der Waals surface area (Å²) < 4.78 is 5.84. The summed E-state index contributed by atoms with van der Waals surface area (Å²) in [7, 11) is 1.99. The molecular weight excluding hydrogens is 386 g/mol. The number of carboxylic acids is 2. The minimum Gasteiger partial charge on any atom is -0.489 e. The minimum atomic E-state index is -1.58. The van der Waals surface area contributed by atoms with E-state index in [2.05, 4.69) is 4.90 Å². The fourth-order valence-electron chi connectivity index (χ4n) is 3.05. The lowest BCUT2D eigenvalue weighted by Gasteiger charge is -2.23. The highest BCUT2D eigenvalue weighted by molar-refractivity contribution is 5.98. The molecule has 3 N–H and O–H groups in total. The first kappa shape index (κ1) is 23.2. The van der Waals surface area contributed by atoms with Crippen molar-refractivity contribution in [3.8, 4) is 5.75 Å². The highest BCUT2D eigenvalue weighted by Gasteiger charge is 2.27. The zero-order valence-corrected chi connectivity index (χ0v) is 17.5. The molecule has 0 aliphatic rings. The third-order valence-corrected chi connectivity index (χ3v) is 4.75. The lowest BCUT2D eigenvalue weighted by atomic mass is 9.98. The molecule has 30 heavy (non-hydrogen) atoms. The normalized spacial score (nSPS) is 11.4. The van der Waals surface area contributed by atoms with Crippen LogP contribution in [0.2, 0.25) is 0 Å². The van der Waals surface area contributed by atoms with Gasteiger partial charge in [-0.1, -0.05) is 30.3 Å². The molecule has 0 bridgehead atoms. The molecule has 0 fully saturated rings. The maximum atomic E-state index is 11.1. The van der Waals surface area contributed by atoms with Crippen molar-refractivity contribution in [3.05, 3.63) is 59.7 Å². The van der Waals surface area contributed by atoms with Crippen molar-refractivity contribution in [2.24, 2.45) is 0 Å². The van der Waals surface area contributed by atoms with E-state index in [9.17, 15) is 14.7 Å². The van der Waals surface area contributed by atoms with E-state index in [1.54, 1.807) is 26.0 Å². The number of nitrogens with zero attached hydrogens (tertiary/aromatic N) is 1. The molecule has 0 amide bonds. The number of hydrogen-bond donors (Lipinski definition) is 3. The van der Waals surface area contributed by atoms with Gasteiger partial charge in [0.2, 0.25) is 0 Å². The van der Waals surface area contributed by atoms with E-state index in [0.717, 1.165) is 24.2 Å². The van der Waals surface area contributed by atoms with Crippen LogP contribution in [-0.4, -0.2) is 46.5 Å². The van der Waals surface area contributed by atoms with Gasteiger partial charge in [0.1, 0.15) is 12.4 Å². The second-order valence-corrected chi connectivity index (χ2v) is 7.97. The van der Waals surface area contributed by atoms with Crippen LogP contribution in [0.3, 0.4) is 0 Å². The summed E-state index contributed by atoms with van der Waals surface area (Å²) in [5, 5.41) is 28.0. The maximum Gasteiger partial charge on any atom is 0.322 e. The van der Waals surface area contributed by atoms with Gasteiger partial charge >= 0.3 is 11.9 Å². The van der Waals surface area contributed by atoms with Crippen LogP contribution >= 0.6 is 0 Å². The number of ether oxygens (including phenoxy) is 1. The Morgan fingerprint density at radius 2 is 1.70 bits per heavy atom. The summed E-state index contributed by atoms with van der Waals surface area (Å²) >= 11 is 0. The van der Waals surface area contributed by atoms with Gasteiger partial charge in [0.15, 0.2) is 5.92 Å². The Hall–Kier alpha value is -3.06. The van der Waals surface area contributed by atoms with Crippen LogP contribution in [0.15, 0.2) is 48.5 Å². The van der Waals surface area contributed by atoms with Crippen LogP contribution in [0.4, 0.5) is 5.69 Å². The average molecular weight is 415 g/mol. The van der Waals surface area contributed by atoms with Crippen LogP contribution in [0, 0.1) is 0 Å². The predicted molar refractivity (Wildman–Crippen MR) is 114 cm³/mol. The number of carboxylic acid groups (broad SMARTS) is 2. The van der Waals surface area contributed by atoms with Crippen LogP contribution < -0.4 is 9.64 Å². The van der Waals surface area contributed by atoms with Gasteiger partial charge in [-0.2, -0.15) is 0 Å². The number of aliphatic carboxylic acids is 2. The molecule has 0 heterocycles. The number of hydrogen-bond acceptors (Lipinski definition) is 5. The Kier molecular flexibility index (Phi) is 7.83. The van der Waals surface area contributed by atoms with Crippen molar-refractivity contribution in [3.63, 3.8) is 0 Å². The Morgan fingerprint density at radius 3 is 2.27 bits per heavy atom. The van der Waals surface area contributed by atoms with Crippen molar-refractivity contribution < 1.29 is 29.6 Å². The molecule has 0 spiro atoms. The van der Waals surface area contributed by atoms with Gasteiger partial charge in [-0.25, -0.2) is 0 Å². The zero-order chi connectivity index (χ0) is 22.3. The zero-order valence-electron chi connectivity index (χ0n) is 17.5. The predicted octanol–water partition coefficient (Wildman–Crippen LogP) is 3.51. The van der Waals surface area contributed by atoms with Gasteiger partial charge < -0.3 is 25.0 Å². The van der Waals surface area contributed by atoms with Crippen LogP contribution in [0.25, 0.3) is 0 Å². The topological polar surface area (TPSA) is 107 Å². The third-order valence-electron chi connectivity index (χ3n) is 4.75. The van der Waals surface area contributed by atoms with Crippen LogP contribution in [-0.2, 0) is 16.2 Å². The molecule has 2 aromatic rings. The van der Waals surface area contributed by atoms with Crippen molar-refractivity contribution in [1.29, 1.82) is 0 Å². The largest absolute Gasteiger partial charge is 0.489 e. The Bertz CT molecular complexity index is 843. The standard InChI is InChI=1S/C23H29NO6/c1-23(2,29)12-5-13-24(3)18-6-4-7-19(14-18)30-15-16-8-10-17(11-9-16)20(21(25)26)22(27)28/h4,6-11,14,20,29H,5,12-13,15H2,1-3H3,(H,25,26)(H,27,28). The molecule has 2 aromatic carbocycles. The molecule has 0 radical (unpaired) electrons. The molecule has 7 heteroatoms. The first-order valence-corrected chi connectivity index (χ1v) is 9.77. The fraction of sp³-hybridized carbons (Fsp3) is 0.391. The van der Waals surface area contributed by atoms with Gasteiger partial charge in [0.25, 0.3) is 0 Å². The van der Waals surface area contributed by atoms with Crippen LogP contribution in [0.1, 0.15) is 43.7 Å². The van der Waals surface area contributed by atoms with E-state index in [4.69, 9.17) is 14.9 Å². The van der Waals surface area contributed by atoms with Crippen molar-refractivity contribution in [1.82, 2.24) is 0 Å².